The van der Waals surface area contributed by atoms with Gasteiger partial charge in [0.1, 0.15) is 5.75 Å². The van der Waals surface area contributed by atoms with E-state index in [-0.39, 0.29) is 18.2 Å². The van der Waals surface area contributed by atoms with Gasteiger partial charge in [0.15, 0.2) is 12.3 Å². The van der Waals surface area contributed by atoms with Crippen LogP contribution >= 0.6 is 0 Å². The molecule has 0 saturated heterocycles. The Kier molecular flexibility index (Phi) is 4.67. The molecule has 0 aliphatic heterocycles. The lowest BCUT2D eigenvalue weighted by atomic mass is 10.1. The molecule has 0 fully saturated rings. The summed E-state index contributed by atoms with van der Waals surface area (Å²) in [6.07, 6.45) is 0. The first-order valence-corrected chi connectivity index (χ1v) is 7.87. The number of benzene rings is 2. The molecule has 1 amide bonds. The molecule has 7 nitrogen and oxygen atoms in total. The average molecular weight is 348 g/mol. The van der Waals surface area contributed by atoms with Crippen molar-refractivity contribution in [1.29, 1.82) is 5.26 Å². The molecule has 2 aromatic carbocycles. The minimum Gasteiger partial charge on any atom is -0.493 e. The van der Waals surface area contributed by atoms with Gasteiger partial charge >= 0.3 is 5.91 Å². The van der Waals surface area contributed by atoms with Gasteiger partial charge in [-0.3, -0.25) is 4.79 Å². The van der Waals surface area contributed by atoms with Crippen molar-refractivity contribution in [3.63, 3.8) is 0 Å². The first-order valence-electron chi connectivity index (χ1n) is 7.87. The van der Waals surface area contributed by atoms with Gasteiger partial charge < -0.3 is 14.8 Å². The highest BCUT2D eigenvalue weighted by atomic mass is 16.5. The Morgan fingerprint density at radius 2 is 2.00 bits per heavy atom. The Labute approximate surface area is 149 Å². The molecule has 7 heteroatoms. The second-order valence-electron chi connectivity index (χ2n) is 5.85. The number of rotatable bonds is 4. The van der Waals surface area contributed by atoms with Crippen molar-refractivity contribution in [3.05, 3.63) is 53.1 Å². The Bertz CT molecular complexity index is 1040. The monoisotopic (exact) mass is 348 g/mol. The maximum atomic E-state index is 11.9. The van der Waals surface area contributed by atoms with Crippen LogP contribution in [0.2, 0.25) is 0 Å². The number of aromatic amines is 1. The lowest BCUT2D eigenvalue weighted by molar-refractivity contribution is -0.120. The average Bonchev–Trinajstić information content (AvgIpc) is 2.94. The van der Waals surface area contributed by atoms with Crippen LogP contribution in [0.3, 0.4) is 0 Å². The van der Waals surface area contributed by atoms with E-state index in [1.54, 1.807) is 24.3 Å². The number of aromatic hydroxyl groups is 1. The minimum atomic E-state index is -0.590. The molecule has 0 spiro atoms. The van der Waals surface area contributed by atoms with Crippen molar-refractivity contribution >= 4 is 22.5 Å². The number of H-pyrrole nitrogens is 1. The van der Waals surface area contributed by atoms with Crippen molar-refractivity contribution in [2.24, 2.45) is 10.2 Å². The SMILES string of the molecule is Cc1cc(C)c2[nH]c(O)c(N=NC(=O)COc3ccc(C#N)cc3)c2c1. The number of ether oxygens (including phenoxy) is 1. The van der Waals surface area contributed by atoms with E-state index in [1.165, 1.54) is 0 Å². The van der Waals surface area contributed by atoms with Crippen LogP contribution in [0, 0.1) is 25.2 Å². The lowest BCUT2D eigenvalue weighted by Crippen LogP contribution is -2.07. The van der Waals surface area contributed by atoms with Crippen LogP contribution in [0.15, 0.2) is 46.6 Å². The Balaban J connectivity index is 1.73. The van der Waals surface area contributed by atoms with E-state index in [9.17, 15) is 9.90 Å². The molecule has 0 atom stereocenters. The molecular weight excluding hydrogens is 332 g/mol. The highest BCUT2D eigenvalue weighted by molar-refractivity contribution is 5.96. The molecule has 2 N–H and O–H groups in total. The molecule has 1 heterocycles. The van der Waals surface area contributed by atoms with E-state index in [0.29, 0.717) is 16.7 Å². The largest absolute Gasteiger partial charge is 0.493 e. The van der Waals surface area contributed by atoms with Crippen molar-refractivity contribution < 1.29 is 14.6 Å². The maximum Gasteiger partial charge on any atom is 0.302 e. The second-order valence-corrected chi connectivity index (χ2v) is 5.85. The van der Waals surface area contributed by atoms with Gasteiger partial charge in [-0.1, -0.05) is 11.6 Å². The topological polar surface area (TPSA) is 111 Å². The number of hydrogen-bond donors (Lipinski definition) is 2. The van der Waals surface area contributed by atoms with E-state index in [1.807, 2.05) is 32.0 Å². The molecule has 0 bridgehead atoms. The molecule has 3 rings (SSSR count). The summed E-state index contributed by atoms with van der Waals surface area (Å²) in [7, 11) is 0. The van der Waals surface area contributed by atoms with Gasteiger partial charge in [-0.15, -0.1) is 10.2 Å². The lowest BCUT2D eigenvalue weighted by Gasteiger charge is -2.02. The molecule has 0 saturated carbocycles. The van der Waals surface area contributed by atoms with Crippen LogP contribution in [0.25, 0.3) is 10.9 Å². The van der Waals surface area contributed by atoms with Gasteiger partial charge in [-0.25, -0.2) is 0 Å². The number of nitrogens with zero attached hydrogens (tertiary/aromatic N) is 3. The zero-order chi connectivity index (χ0) is 18.7. The van der Waals surface area contributed by atoms with Gasteiger partial charge in [-0.05, 0) is 49.7 Å². The van der Waals surface area contributed by atoms with Gasteiger partial charge in [0.2, 0.25) is 5.88 Å². The van der Waals surface area contributed by atoms with Crippen LogP contribution in [0.4, 0.5) is 5.69 Å². The zero-order valence-electron chi connectivity index (χ0n) is 14.3. The molecule has 130 valence electrons. The van der Waals surface area contributed by atoms with E-state index in [2.05, 4.69) is 15.2 Å². The summed E-state index contributed by atoms with van der Waals surface area (Å²) in [5, 5.41) is 27.0. The molecule has 0 aliphatic carbocycles. The van der Waals surface area contributed by atoms with E-state index in [0.717, 1.165) is 16.6 Å². The predicted molar refractivity (Wildman–Crippen MR) is 95.6 cm³/mol. The van der Waals surface area contributed by atoms with Gasteiger partial charge in [0, 0.05) is 5.39 Å². The number of carbonyl (C=O) groups is 1. The first-order chi connectivity index (χ1) is 12.5. The van der Waals surface area contributed by atoms with Crippen LogP contribution in [-0.2, 0) is 4.79 Å². The van der Waals surface area contributed by atoms with E-state index >= 15 is 0 Å². The second kappa shape index (κ2) is 7.07. The van der Waals surface area contributed by atoms with Crippen molar-refractivity contribution in [1.82, 2.24) is 4.98 Å². The molecule has 0 unspecified atom stereocenters. The Morgan fingerprint density at radius 1 is 1.27 bits per heavy atom. The third kappa shape index (κ3) is 3.54. The molecule has 0 radical (unpaired) electrons. The maximum absolute atomic E-state index is 11.9. The molecule has 26 heavy (non-hydrogen) atoms. The van der Waals surface area contributed by atoms with Crippen molar-refractivity contribution in [2.75, 3.05) is 6.61 Å². The Hall–Kier alpha value is -3.66. The fourth-order valence-electron chi connectivity index (χ4n) is 2.63. The highest BCUT2D eigenvalue weighted by Crippen LogP contribution is 2.37. The highest BCUT2D eigenvalue weighted by Gasteiger charge is 2.13. The normalized spacial score (nSPS) is 11.0. The van der Waals surface area contributed by atoms with Crippen LogP contribution < -0.4 is 4.74 Å². The van der Waals surface area contributed by atoms with Gasteiger partial charge in [-0.2, -0.15) is 5.26 Å². The molecular formula is C19H16N4O3. The third-order valence-electron chi connectivity index (χ3n) is 3.81. The quantitative estimate of drug-likeness (QED) is 0.693. The number of aromatic nitrogens is 1. The van der Waals surface area contributed by atoms with Crippen LogP contribution in [-0.4, -0.2) is 22.6 Å². The number of amides is 1. The number of azo groups is 1. The summed E-state index contributed by atoms with van der Waals surface area (Å²) in [4.78, 5) is 14.7. The summed E-state index contributed by atoms with van der Waals surface area (Å²) in [6.45, 7) is 3.56. The van der Waals surface area contributed by atoms with Gasteiger partial charge in [0.25, 0.3) is 0 Å². The number of nitrogens with one attached hydrogen (secondary N) is 1. The summed E-state index contributed by atoms with van der Waals surface area (Å²) < 4.78 is 5.31. The summed E-state index contributed by atoms with van der Waals surface area (Å²) >= 11 is 0. The van der Waals surface area contributed by atoms with Crippen LogP contribution in [0.5, 0.6) is 11.6 Å². The van der Waals surface area contributed by atoms with Crippen LogP contribution in [0.1, 0.15) is 16.7 Å². The van der Waals surface area contributed by atoms with E-state index in [4.69, 9.17) is 10.00 Å². The number of hydrogen-bond acceptors (Lipinski definition) is 5. The summed E-state index contributed by atoms with van der Waals surface area (Å²) in [5.74, 6) is -0.278. The minimum absolute atomic E-state index is 0.140. The number of fused-ring (bicyclic) bond motifs is 1. The standard InChI is InChI=1S/C19H16N4O3/c1-11-7-12(2)17-15(8-11)18(19(25)21-17)23-22-16(24)10-26-14-5-3-13(9-20)4-6-14/h3-8,21,25H,10H2,1-2H3. The smallest absolute Gasteiger partial charge is 0.302 e. The molecule has 1 aromatic heterocycles. The van der Waals surface area contributed by atoms with Crippen molar-refractivity contribution in [3.8, 4) is 17.7 Å². The first kappa shape index (κ1) is 17.2. The predicted octanol–water partition coefficient (Wildman–Crippen LogP) is 4.05. The fourth-order valence-corrected chi connectivity index (χ4v) is 2.63. The van der Waals surface area contributed by atoms with Crippen molar-refractivity contribution in [2.45, 2.75) is 13.8 Å². The number of carbonyl (C=O) groups excluding carboxylic acids is 1. The van der Waals surface area contributed by atoms with Gasteiger partial charge in [0.05, 0.1) is 17.1 Å². The number of aryl methyl sites for hydroxylation is 2. The summed E-state index contributed by atoms with van der Waals surface area (Å²) in [5.41, 5.74) is 3.46. The van der Waals surface area contributed by atoms with E-state index < -0.39 is 5.91 Å². The molecule has 0 aliphatic rings. The fraction of sp³-hybridized carbons (Fsp3) is 0.158. The summed E-state index contributed by atoms with van der Waals surface area (Å²) in [6, 6.07) is 12.2. The Morgan fingerprint density at radius 3 is 2.69 bits per heavy atom. The third-order valence-corrected chi connectivity index (χ3v) is 3.81. The zero-order valence-corrected chi connectivity index (χ0v) is 14.3. The molecule has 3 aromatic rings. The number of nitriles is 1.